The molecule has 0 aliphatic heterocycles. The van der Waals surface area contributed by atoms with Crippen molar-refractivity contribution in [2.45, 2.75) is 6.61 Å². The molecule has 0 aromatic heterocycles. The Morgan fingerprint density at radius 2 is 2.20 bits per heavy atom. The van der Waals surface area contributed by atoms with Crippen molar-refractivity contribution in [2.75, 3.05) is 13.2 Å². The van der Waals surface area contributed by atoms with E-state index in [2.05, 4.69) is 0 Å². The van der Waals surface area contributed by atoms with Crippen molar-refractivity contribution in [2.24, 2.45) is 5.73 Å². The van der Waals surface area contributed by atoms with Crippen LogP contribution < -0.4 is 5.73 Å². The van der Waals surface area contributed by atoms with Gasteiger partial charge in [0.2, 0.25) is 0 Å². The van der Waals surface area contributed by atoms with Crippen molar-refractivity contribution in [1.82, 2.24) is 0 Å². The molecule has 1 aromatic rings. The van der Waals surface area contributed by atoms with Crippen LogP contribution in [-0.2, 0) is 11.3 Å². The van der Waals surface area contributed by atoms with Gasteiger partial charge >= 0.3 is 0 Å². The van der Waals surface area contributed by atoms with Crippen LogP contribution in [0, 0.1) is 15.9 Å². The van der Waals surface area contributed by atoms with E-state index < -0.39 is 10.7 Å². The van der Waals surface area contributed by atoms with E-state index in [1.807, 2.05) is 0 Å². The van der Waals surface area contributed by atoms with Gasteiger partial charge in [-0.15, -0.1) is 0 Å². The molecule has 1 aromatic carbocycles. The summed E-state index contributed by atoms with van der Waals surface area (Å²) in [5.74, 6) is -0.643. The van der Waals surface area contributed by atoms with Gasteiger partial charge in [-0.05, 0) is 11.6 Å². The van der Waals surface area contributed by atoms with Gasteiger partial charge in [0.05, 0.1) is 24.2 Å². The summed E-state index contributed by atoms with van der Waals surface area (Å²) in [6.07, 6.45) is 0. The van der Waals surface area contributed by atoms with Crippen molar-refractivity contribution in [3.8, 4) is 0 Å². The summed E-state index contributed by atoms with van der Waals surface area (Å²) >= 11 is 0. The Bertz CT molecular complexity index is 357. The fourth-order valence-corrected chi connectivity index (χ4v) is 1.10. The van der Waals surface area contributed by atoms with Crippen LogP contribution in [0.15, 0.2) is 18.2 Å². The van der Waals surface area contributed by atoms with Crippen LogP contribution in [0.4, 0.5) is 10.1 Å². The normalized spacial score (nSPS) is 10.3. The van der Waals surface area contributed by atoms with Crippen molar-refractivity contribution in [3.05, 3.63) is 39.7 Å². The third-order valence-electron chi connectivity index (χ3n) is 1.68. The lowest BCUT2D eigenvalue weighted by molar-refractivity contribution is -0.385. The monoisotopic (exact) mass is 214 g/mol. The first-order chi connectivity index (χ1) is 7.13. The Morgan fingerprint density at radius 3 is 2.80 bits per heavy atom. The van der Waals surface area contributed by atoms with E-state index in [0.717, 1.165) is 6.07 Å². The molecule has 0 saturated carbocycles. The van der Waals surface area contributed by atoms with E-state index in [0.29, 0.717) is 18.7 Å². The van der Waals surface area contributed by atoms with E-state index in [9.17, 15) is 14.5 Å². The summed E-state index contributed by atoms with van der Waals surface area (Å²) in [7, 11) is 0. The fraction of sp³-hybridized carbons (Fsp3) is 0.333. The predicted octanol–water partition coefficient (Wildman–Crippen LogP) is 1.21. The summed E-state index contributed by atoms with van der Waals surface area (Å²) in [6.45, 7) is 0.817. The summed E-state index contributed by atoms with van der Waals surface area (Å²) in [4.78, 5) is 9.77. The number of benzene rings is 1. The first kappa shape index (κ1) is 11.5. The van der Waals surface area contributed by atoms with E-state index in [4.69, 9.17) is 10.5 Å². The molecule has 0 aliphatic carbocycles. The highest BCUT2D eigenvalue weighted by Gasteiger charge is 2.09. The molecule has 0 spiro atoms. The molecule has 0 saturated heterocycles. The van der Waals surface area contributed by atoms with Crippen LogP contribution in [0.1, 0.15) is 5.56 Å². The Kier molecular flexibility index (Phi) is 4.14. The van der Waals surface area contributed by atoms with E-state index in [1.54, 1.807) is 0 Å². The molecule has 2 N–H and O–H groups in total. The third-order valence-corrected chi connectivity index (χ3v) is 1.68. The average Bonchev–Trinajstić information content (AvgIpc) is 2.17. The highest BCUT2D eigenvalue weighted by molar-refractivity contribution is 5.34. The molecule has 0 atom stereocenters. The van der Waals surface area contributed by atoms with Gasteiger partial charge in [0.1, 0.15) is 5.82 Å². The lowest BCUT2D eigenvalue weighted by Gasteiger charge is -2.02. The number of halogens is 1. The number of hydrogen-bond donors (Lipinski definition) is 1. The van der Waals surface area contributed by atoms with Crippen molar-refractivity contribution >= 4 is 5.69 Å². The first-order valence-electron chi connectivity index (χ1n) is 4.35. The van der Waals surface area contributed by atoms with Gasteiger partial charge in [0.25, 0.3) is 5.69 Å². The number of hydrogen-bond acceptors (Lipinski definition) is 4. The average molecular weight is 214 g/mol. The highest BCUT2D eigenvalue weighted by atomic mass is 19.1. The van der Waals surface area contributed by atoms with Crippen LogP contribution >= 0.6 is 0 Å². The topological polar surface area (TPSA) is 78.4 Å². The van der Waals surface area contributed by atoms with Gasteiger partial charge in [-0.25, -0.2) is 4.39 Å². The van der Waals surface area contributed by atoms with Gasteiger partial charge in [0.15, 0.2) is 0 Å². The largest absolute Gasteiger partial charge is 0.375 e. The standard InChI is InChI=1S/C9H11FN2O3/c10-8-3-7(6-15-2-1-11)4-9(5-8)12(13)14/h3-5H,1-2,6,11H2. The maximum Gasteiger partial charge on any atom is 0.272 e. The quantitative estimate of drug-likeness (QED) is 0.454. The zero-order valence-electron chi connectivity index (χ0n) is 7.98. The molecule has 0 unspecified atom stereocenters. The summed E-state index contributed by atoms with van der Waals surface area (Å²) in [5.41, 5.74) is 5.34. The zero-order valence-corrected chi connectivity index (χ0v) is 7.98. The van der Waals surface area contributed by atoms with E-state index >= 15 is 0 Å². The van der Waals surface area contributed by atoms with Crippen molar-refractivity contribution in [1.29, 1.82) is 0 Å². The first-order valence-corrected chi connectivity index (χ1v) is 4.35. The summed E-state index contributed by atoms with van der Waals surface area (Å²) < 4.78 is 18.0. The third kappa shape index (κ3) is 3.61. The van der Waals surface area contributed by atoms with Crippen molar-refractivity contribution < 1.29 is 14.1 Å². The van der Waals surface area contributed by atoms with Crippen LogP contribution in [0.25, 0.3) is 0 Å². The van der Waals surface area contributed by atoms with E-state index in [-0.39, 0.29) is 12.3 Å². The highest BCUT2D eigenvalue weighted by Crippen LogP contribution is 2.16. The zero-order chi connectivity index (χ0) is 11.3. The summed E-state index contributed by atoms with van der Waals surface area (Å²) in [5, 5.41) is 10.4. The maximum atomic E-state index is 12.9. The minimum absolute atomic E-state index is 0.121. The van der Waals surface area contributed by atoms with Gasteiger partial charge in [-0.1, -0.05) is 0 Å². The summed E-state index contributed by atoms with van der Waals surface area (Å²) in [6, 6.07) is 3.34. The molecule has 0 bridgehead atoms. The molecule has 1 rings (SSSR count). The molecule has 82 valence electrons. The minimum atomic E-state index is -0.643. The van der Waals surface area contributed by atoms with Crippen LogP contribution in [-0.4, -0.2) is 18.1 Å². The lowest BCUT2D eigenvalue weighted by atomic mass is 10.2. The second-order valence-corrected chi connectivity index (χ2v) is 2.92. The maximum absolute atomic E-state index is 12.9. The SMILES string of the molecule is NCCOCc1cc(F)cc([N+](=O)[O-])c1. The number of nitrogens with two attached hydrogens (primary N) is 1. The van der Waals surface area contributed by atoms with Crippen molar-refractivity contribution in [3.63, 3.8) is 0 Å². The fourth-order valence-electron chi connectivity index (χ4n) is 1.10. The smallest absolute Gasteiger partial charge is 0.272 e. The molecule has 0 radical (unpaired) electrons. The number of nitrogens with zero attached hydrogens (tertiary/aromatic N) is 1. The van der Waals surface area contributed by atoms with Gasteiger partial charge in [-0.3, -0.25) is 10.1 Å². The number of rotatable bonds is 5. The molecule has 0 aliphatic rings. The second kappa shape index (κ2) is 5.38. The van der Waals surface area contributed by atoms with Crippen LogP contribution in [0.3, 0.4) is 0 Å². The Labute approximate surface area is 85.8 Å². The molecule has 6 heteroatoms. The lowest BCUT2D eigenvalue weighted by Crippen LogP contribution is -2.08. The number of non-ortho nitro benzene ring substituents is 1. The Hall–Kier alpha value is -1.53. The molecule has 15 heavy (non-hydrogen) atoms. The van der Waals surface area contributed by atoms with Crippen LogP contribution in [0.2, 0.25) is 0 Å². The molecule has 0 amide bonds. The number of ether oxygens (including phenoxy) is 1. The molecule has 0 heterocycles. The minimum Gasteiger partial charge on any atom is -0.375 e. The molecule has 5 nitrogen and oxygen atoms in total. The van der Waals surface area contributed by atoms with Gasteiger partial charge < -0.3 is 10.5 Å². The van der Waals surface area contributed by atoms with Gasteiger partial charge in [-0.2, -0.15) is 0 Å². The molecular formula is C9H11FN2O3. The molecule has 0 fully saturated rings. The Morgan fingerprint density at radius 1 is 1.47 bits per heavy atom. The van der Waals surface area contributed by atoms with E-state index in [1.165, 1.54) is 12.1 Å². The van der Waals surface area contributed by atoms with Gasteiger partial charge in [0, 0.05) is 12.6 Å². The number of nitro groups is 1. The second-order valence-electron chi connectivity index (χ2n) is 2.92. The molecular weight excluding hydrogens is 203 g/mol. The number of nitro benzene ring substituents is 1. The Balaban J connectivity index is 2.75. The van der Waals surface area contributed by atoms with Crippen LogP contribution in [0.5, 0.6) is 0 Å². The predicted molar refractivity (Wildman–Crippen MR) is 51.8 cm³/mol.